The lowest BCUT2D eigenvalue weighted by atomic mass is 10.1. The Balaban J connectivity index is 3.12. The van der Waals surface area contributed by atoms with E-state index in [1.165, 1.54) is 12.1 Å². The predicted molar refractivity (Wildman–Crippen MR) is 66.7 cm³/mol. The van der Waals surface area contributed by atoms with Gasteiger partial charge in [-0.15, -0.1) is 0 Å². The maximum atomic E-state index is 13.5. The molecule has 1 rings (SSSR count). The Morgan fingerprint density at radius 3 is 2.35 bits per heavy atom. The van der Waals surface area contributed by atoms with Crippen molar-refractivity contribution in [1.82, 2.24) is 0 Å². The molecule has 0 saturated carbocycles. The summed E-state index contributed by atoms with van der Waals surface area (Å²) in [5, 5.41) is 0. The number of hydrogen-bond acceptors (Lipinski definition) is 3. The van der Waals surface area contributed by atoms with E-state index < -0.39 is 20.4 Å². The molecule has 0 heterocycles. The lowest BCUT2D eigenvalue weighted by molar-refractivity contribution is 0.555. The zero-order valence-corrected chi connectivity index (χ0v) is 11.1. The van der Waals surface area contributed by atoms with Gasteiger partial charge in [0.05, 0.1) is 10.5 Å². The summed E-state index contributed by atoms with van der Waals surface area (Å²) in [6.07, 6.45) is 0. The van der Waals surface area contributed by atoms with Crippen LogP contribution in [0.25, 0.3) is 0 Å². The molecule has 0 atom stereocenters. The first-order valence-electron chi connectivity index (χ1n) is 5.37. The van der Waals surface area contributed by atoms with Crippen LogP contribution in [0.3, 0.4) is 0 Å². The summed E-state index contributed by atoms with van der Waals surface area (Å²) < 4.78 is 36.6. The van der Waals surface area contributed by atoms with Gasteiger partial charge in [0.25, 0.3) is 0 Å². The first kappa shape index (κ1) is 14.1. The lowest BCUT2D eigenvalue weighted by Gasteiger charge is -2.19. The third-order valence-electron chi connectivity index (χ3n) is 2.62. The topological polar surface area (TPSA) is 60.2 Å². The average molecular weight is 259 g/mol. The van der Waals surface area contributed by atoms with Gasteiger partial charge in [0.15, 0.2) is 9.84 Å². The lowest BCUT2D eigenvalue weighted by Crippen LogP contribution is -2.29. The molecule has 0 bridgehead atoms. The highest BCUT2D eigenvalue weighted by Crippen LogP contribution is 2.22. The van der Waals surface area contributed by atoms with E-state index in [4.69, 9.17) is 5.73 Å². The molecule has 3 nitrogen and oxygen atoms in total. The summed E-state index contributed by atoms with van der Waals surface area (Å²) in [6, 6.07) is 4.33. The van der Waals surface area contributed by atoms with Crippen molar-refractivity contribution in [2.75, 3.05) is 0 Å². The van der Waals surface area contributed by atoms with E-state index in [9.17, 15) is 12.8 Å². The Bertz CT molecular complexity index is 504. The third-order valence-corrected chi connectivity index (χ3v) is 5.18. The number of nitrogens with two attached hydrogens (primary N) is 1. The summed E-state index contributed by atoms with van der Waals surface area (Å²) in [7, 11) is -3.38. The molecule has 0 fully saturated rings. The molecular formula is C12H18FNO2S. The van der Waals surface area contributed by atoms with Crippen molar-refractivity contribution in [3.8, 4) is 0 Å². The number of halogens is 1. The molecule has 17 heavy (non-hydrogen) atoms. The van der Waals surface area contributed by atoms with Crippen LogP contribution in [-0.2, 0) is 22.1 Å². The number of hydrogen-bond donors (Lipinski definition) is 1. The van der Waals surface area contributed by atoms with E-state index in [1.807, 2.05) is 0 Å². The van der Waals surface area contributed by atoms with E-state index in [1.54, 1.807) is 26.8 Å². The highest BCUT2D eigenvalue weighted by Gasteiger charge is 2.29. The second-order valence-electron chi connectivity index (χ2n) is 5.00. The molecule has 2 N–H and O–H groups in total. The number of rotatable bonds is 3. The van der Waals surface area contributed by atoms with Crippen LogP contribution in [0, 0.1) is 5.82 Å². The van der Waals surface area contributed by atoms with Crippen LogP contribution < -0.4 is 5.73 Å². The maximum Gasteiger partial charge on any atom is 0.159 e. The van der Waals surface area contributed by atoms with Gasteiger partial charge in [-0.2, -0.15) is 0 Å². The normalized spacial score (nSPS) is 12.8. The summed E-state index contributed by atoms with van der Waals surface area (Å²) in [5.41, 5.74) is 6.36. The monoisotopic (exact) mass is 259 g/mol. The maximum absolute atomic E-state index is 13.5. The van der Waals surface area contributed by atoms with Crippen LogP contribution in [0.2, 0.25) is 0 Å². The third kappa shape index (κ3) is 3.26. The fraction of sp³-hybridized carbons (Fsp3) is 0.500. The average Bonchev–Trinajstić information content (AvgIpc) is 2.19. The molecule has 96 valence electrons. The van der Waals surface area contributed by atoms with Crippen molar-refractivity contribution >= 4 is 9.84 Å². The summed E-state index contributed by atoms with van der Waals surface area (Å²) in [5.74, 6) is -0.800. The molecule has 0 radical (unpaired) electrons. The summed E-state index contributed by atoms with van der Waals surface area (Å²) >= 11 is 0. The molecule has 0 unspecified atom stereocenters. The van der Waals surface area contributed by atoms with E-state index in [0.717, 1.165) is 5.56 Å². The molecule has 5 heteroatoms. The van der Waals surface area contributed by atoms with E-state index in [2.05, 4.69) is 0 Å². The zero-order valence-electron chi connectivity index (χ0n) is 10.3. The first-order chi connectivity index (χ1) is 7.67. The van der Waals surface area contributed by atoms with Gasteiger partial charge < -0.3 is 5.73 Å². The Morgan fingerprint density at radius 2 is 1.88 bits per heavy atom. The van der Waals surface area contributed by atoms with Crippen molar-refractivity contribution in [2.45, 2.75) is 37.8 Å². The van der Waals surface area contributed by atoms with Crippen molar-refractivity contribution < 1.29 is 12.8 Å². The largest absolute Gasteiger partial charge is 0.326 e. The molecule has 1 aromatic carbocycles. The first-order valence-corrected chi connectivity index (χ1v) is 7.02. The van der Waals surface area contributed by atoms with Gasteiger partial charge in [0, 0.05) is 12.1 Å². The van der Waals surface area contributed by atoms with E-state index >= 15 is 0 Å². The molecule has 0 aliphatic carbocycles. The highest BCUT2D eigenvalue weighted by molar-refractivity contribution is 7.91. The Kier molecular flexibility index (Phi) is 3.94. The molecule has 0 aromatic heterocycles. The Labute approximate surface area is 102 Å². The van der Waals surface area contributed by atoms with Gasteiger partial charge in [-0.1, -0.05) is 12.1 Å². The van der Waals surface area contributed by atoms with Gasteiger partial charge in [-0.25, -0.2) is 12.8 Å². The van der Waals surface area contributed by atoms with Crippen LogP contribution in [0.1, 0.15) is 31.9 Å². The molecule has 0 aliphatic heterocycles. The fourth-order valence-corrected chi connectivity index (χ4v) is 2.35. The van der Waals surface area contributed by atoms with E-state index in [0.29, 0.717) is 0 Å². The van der Waals surface area contributed by atoms with Crippen LogP contribution in [0.4, 0.5) is 4.39 Å². The van der Waals surface area contributed by atoms with Crippen molar-refractivity contribution in [2.24, 2.45) is 5.73 Å². The van der Waals surface area contributed by atoms with Gasteiger partial charge >= 0.3 is 0 Å². The van der Waals surface area contributed by atoms with Gasteiger partial charge in [0.1, 0.15) is 5.82 Å². The van der Waals surface area contributed by atoms with Gasteiger partial charge in [0.2, 0.25) is 0 Å². The van der Waals surface area contributed by atoms with Crippen molar-refractivity contribution in [1.29, 1.82) is 0 Å². The summed E-state index contributed by atoms with van der Waals surface area (Å²) in [6.45, 7) is 5.08. The van der Waals surface area contributed by atoms with Gasteiger partial charge in [-0.05, 0) is 32.4 Å². The quantitative estimate of drug-likeness (QED) is 0.903. The van der Waals surface area contributed by atoms with Crippen LogP contribution >= 0.6 is 0 Å². The van der Waals surface area contributed by atoms with Crippen LogP contribution in [-0.4, -0.2) is 13.2 Å². The standard InChI is InChI=1S/C12H18FNO2S/c1-12(2,3)17(15,16)8-10-6-9(7-14)4-5-11(10)13/h4-6H,7-8,14H2,1-3H3. The molecule has 0 spiro atoms. The Hall–Kier alpha value is -0.940. The SMILES string of the molecule is CC(C)(C)S(=O)(=O)Cc1cc(CN)ccc1F. The minimum atomic E-state index is -3.38. The molecular weight excluding hydrogens is 241 g/mol. The molecule has 0 saturated heterocycles. The predicted octanol–water partition coefficient (Wildman–Crippen LogP) is 2.00. The zero-order chi connectivity index (χ0) is 13.3. The molecule has 0 aliphatic rings. The second kappa shape index (κ2) is 4.74. The minimum absolute atomic E-state index is 0.183. The number of sulfone groups is 1. The van der Waals surface area contributed by atoms with E-state index in [-0.39, 0.29) is 17.9 Å². The fourth-order valence-electron chi connectivity index (χ4n) is 1.29. The summed E-state index contributed by atoms with van der Waals surface area (Å²) in [4.78, 5) is 0. The molecule has 0 amide bonds. The van der Waals surface area contributed by atoms with Crippen molar-refractivity contribution in [3.63, 3.8) is 0 Å². The van der Waals surface area contributed by atoms with Crippen LogP contribution in [0.15, 0.2) is 18.2 Å². The second-order valence-corrected chi connectivity index (χ2v) is 7.74. The smallest absolute Gasteiger partial charge is 0.159 e. The number of benzene rings is 1. The molecule has 1 aromatic rings. The van der Waals surface area contributed by atoms with Crippen LogP contribution in [0.5, 0.6) is 0 Å². The van der Waals surface area contributed by atoms with Gasteiger partial charge in [-0.3, -0.25) is 0 Å². The minimum Gasteiger partial charge on any atom is -0.326 e. The van der Waals surface area contributed by atoms with Crippen molar-refractivity contribution in [3.05, 3.63) is 35.1 Å². The highest BCUT2D eigenvalue weighted by atomic mass is 32.2. The Morgan fingerprint density at radius 1 is 1.29 bits per heavy atom.